The summed E-state index contributed by atoms with van der Waals surface area (Å²) >= 11 is 5.81. The molecule has 0 saturated carbocycles. The zero-order valence-electron chi connectivity index (χ0n) is 14.7. The minimum atomic E-state index is -4.06. The molecule has 0 aliphatic heterocycles. The standard InChI is InChI=1S/C18H18ClNO6S/c1-3-26-18(22)13-4-8-15(9-5-13)20(12-17(21)25-2)27(23,24)16-10-6-14(19)7-11-16/h4-11H,3,12H2,1-2H3. The number of benzene rings is 2. The van der Waals surface area contributed by atoms with Crippen LogP contribution in [0, 0.1) is 0 Å². The minimum Gasteiger partial charge on any atom is -0.468 e. The summed E-state index contributed by atoms with van der Waals surface area (Å²) in [5.74, 6) is -1.26. The van der Waals surface area contributed by atoms with Gasteiger partial charge in [-0.2, -0.15) is 0 Å². The monoisotopic (exact) mass is 411 g/mol. The molecule has 0 unspecified atom stereocenters. The van der Waals surface area contributed by atoms with Gasteiger partial charge >= 0.3 is 11.9 Å². The number of halogens is 1. The van der Waals surface area contributed by atoms with Crippen LogP contribution in [0.25, 0.3) is 0 Å². The van der Waals surface area contributed by atoms with E-state index in [9.17, 15) is 18.0 Å². The summed E-state index contributed by atoms with van der Waals surface area (Å²) in [5.41, 5.74) is 0.464. The van der Waals surface area contributed by atoms with Crippen molar-refractivity contribution in [1.29, 1.82) is 0 Å². The highest BCUT2D eigenvalue weighted by atomic mass is 35.5. The van der Waals surface area contributed by atoms with Gasteiger partial charge in [-0.3, -0.25) is 9.10 Å². The van der Waals surface area contributed by atoms with Gasteiger partial charge in [0.2, 0.25) is 0 Å². The fraction of sp³-hybridized carbons (Fsp3) is 0.222. The van der Waals surface area contributed by atoms with Crippen LogP contribution in [0.2, 0.25) is 5.02 Å². The lowest BCUT2D eigenvalue weighted by molar-refractivity contribution is -0.138. The molecular formula is C18H18ClNO6S. The summed E-state index contributed by atoms with van der Waals surface area (Å²) in [6, 6.07) is 11.3. The smallest absolute Gasteiger partial charge is 0.338 e. The molecule has 2 aromatic rings. The van der Waals surface area contributed by atoms with Crippen LogP contribution < -0.4 is 4.31 Å². The Balaban J connectivity index is 2.43. The Labute approximate surface area is 162 Å². The van der Waals surface area contributed by atoms with Crippen LogP contribution in [0.5, 0.6) is 0 Å². The summed E-state index contributed by atoms with van der Waals surface area (Å²) in [4.78, 5) is 23.5. The molecule has 0 N–H and O–H groups in total. The van der Waals surface area contributed by atoms with E-state index in [0.29, 0.717) is 5.02 Å². The Morgan fingerprint density at radius 3 is 2.15 bits per heavy atom. The van der Waals surface area contributed by atoms with Crippen molar-refractivity contribution < 1.29 is 27.5 Å². The van der Waals surface area contributed by atoms with Crippen molar-refractivity contribution in [3.8, 4) is 0 Å². The number of rotatable bonds is 7. The van der Waals surface area contributed by atoms with Crippen molar-refractivity contribution in [1.82, 2.24) is 0 Å². The summed E-state index contributed by atoms with van der Waals surface area (Å²) < 4.78 is 36.4. The van der Waals surface area contributed by atoms with Crippen molar-refractivity contribution in [3.05, 3.63) is 59.1 Å². The van der Waals surface area contributed by atoms with Gasteiger partial charge in [-0.15, -0.1) is 0 Å². The number of sulfonamides is 1. The first kappa shape index (κ1) is 20.7. The van der Waals surface area contributed by atoms with E-state index >= 15 is 0 Å². The first-order chi connectivity index (χ1) is 12.8. The number of esters is 2. The molecule has 0 spiro atoms. The zero-order chi connectivity index (χ0) is 20.0. The van der Waals surface area contributed by atoms with Crippen molar-refractivity contribution >= 4 is 39.3 Å². The van der Waals surface area contributed by atoms with E-state index in [0.717, 1.165) is 4.31 Å². The second kappa shape index (κ2) is 8.88. The Morgan fingerprint density at radius 2 is 1.63 bits per heavy atom. The summed E-state index contributed by atoms with van der Waals surface area (Å²) in [5, 5.41) is 0.382. The lowest BCUT2D eigenvalue weighted by atomic mass is 10.2. The molecule has 0 aromatic heterocycles. The van der Waals surface area contributed by atoms with E-state index in [4.69, 9.17) is 16.3 Å². The number of carbonyl (C=O) groups is 2. The Hall–Kier alpha value is -2.58. The van der Waals surface area contributed by atoms with Gasteiger partial charge in [-0.25, -0.2) is 13.2 Å². The Morgan fingerprint density at radius 1 is 1.04 bits per heavy atom. The zero-order valence-corrected chi connectivity index (χ0v) is 16.3. The molecule has 0 aliphatic rings. The molecule has 0 saturated heterocycles. The molecule has 27 heavy (non-hydrogen) atoms. The van der Waals surface area contributed by atoms with Crippen LogP contribution in [0.15, 0.2) is 53.4 Å². The number of methoxy groups -OCH3 is 1. The van der Waals surface area contributed by atoms with Gasteiger partial charge in [0.05, 0.1) is 29.9 Å². The number of ether oxygens (including phenoxy) is 2. The normalized spacial score (nSPS) is 10.9. The van der Waals surface area contributed by atoms with Gasteiger partial charge in [0.15, 0.2) is 0 Å². The number of carbonyl (C=O) groups excluding carboxylic acids is 2. The molecule has 0 aliphatic carbocycles. The maximum atomic E-state index is 13.0. The fourth-order valence-corrected chi connectivity index (χ4v) is 3.74. The Kier molecular flexibility index (Phi) is 6.81. The van der Waals surface area contributed by atoms with Crippen molar-refractivity contribution in [3.63, 3.8) is 0 Å². The van der Waals surface area contributed by atoms with Gasteiger partial charge in [-0.05, 0) is 55.5 Å². The number of hydrogen-bond donors (Lipinski definition) is 0. The molecule has 0 radical (unpaired) electrons. The highest BCUT2D eigenvalue weighted by Crippen LogP contribution is 2.25. The Bertz CT molecular complexity index is 910. The lowest BCUT2D eigenvalue weighted by Crippen LogP contribution is -2.36. The van der Waals surface area contributed by atoms with Crippen LogP contribution in [0.3, 0.4) is 0 Å². The lowest BCUT2D eigenvalue weighted by Gasteiger charge is -2.23. The molecule has 0 heterocycles. The van der Waals surface area contributed by atoms with E-state index in [-0.39, 0.29) is 22.8 Å². The third kappa shape index (κ3) is 4.99. The second-order valence-electron chi connectivity index (χ2n) is 5.31. The van der Waals surface area contributed by atoms with E-state index < -0.39 is 28.5 Å². The molecule has 2 rings (SSSR count). The van der Waals surface area contributed by atoms with Gasteiger partial charge < -0.3 is 9.47 Å². The van der Waals surface area contributed by atoms with Gasteiger partial charge in [0.25, 0.3) is 10.0 Å². The van der Waals surface area contributed by atoms with Gasteiger partial charge in [0.1, 0.15) is 6.54 Å². The predicted molar refractivity (Wildman–Crippen MR) is 100 cm³/mol. The van der Waals surface area contributed by atoms with E-state index in [1.807, 2.05) is 0 Å². The maximum absolute atomic E-state index is 13.0. The fourth-order valence-electron chi connectivity index (χ4n) is 2.21. The highest BCUT2D eigenvalue weighted by molar-refractivity contribution is 7.92. The first-order valence-electron chi connectivity index (χ1n) is 7.92. The number of nitrogens with zero attached hydrogens (tertiary/aromatic N) is 1. The molecule has 0 amide bonds. The van der Waals surface area contributed by atoms with Gasteiger partial charge in [0, 0.05) is 5.02 Å². The number of anilines is 1. The molecular weight excluding hydrogens is 394 g/mol. The number of hydrogen-bond acceptors (Lipinski definition) is 6. The quantitative estimate of drug-likeness (QED) is 0.651. The SMILES string of the molecule is CCOC(=O)c1ccc(N(CC(=O)OC)S(=O)(=O)c2ccc(Cl)cc2)cc1. The maximum Gasteiger partial charge on any atom is 0.338 e. The third-order valence-corrected chi connectivity index (χ3v) is 5.61. The van der Waals surface area contributed by atoms with Crippen molar-refractivity contribution in [2.24, 2.45) is 0 Å². The highest BCUT2D eigenvalue weighted by Gasteiger charge is 2.27. The average Bonchev–Trinajstić information content (AvgIpc) is 2.66. The van der Waals surface area contributed by atoms with Gasteiger partial charge in [-0.1, -0.05) is 11.6 Å². The van der Waals surface area contributed by atoms with E-state index in [1.165, 1.54) is 55.6 Å². The molecule has 9 heteroatoms. The van der Waals surface area contributed by atoms with Crippen LogP contribution >= 0.6 is 11.6 Å². The van der Waals surface area contributed by atoms with Crippen molar-refractivity contribution in [2.45, 2.75) is 11.8 Å². The molecule has 144 valence electrons. The second-order valence-corrected chi connectivity index (χ2v) is 7.61. The molecule has 0 atom stereocenters. The molecule has 7 nitrogen and oxygen atoms in total. The average molecular weight is 412 g/mol. The third-order valence-electron chi connectivity index (χ3n) is 3.57. The topological polar surface area (TPSA) is 90.0 Å². The molecule has 0 fully saturated rings. The summed E-state index contributed by atoms with van der Waals surface area (Å²) in [6.45, 7) is 1.38. The van der Waals surface area contributed by atoms with Crippen LogP contribution in [0.4, 0.5) is 5.69 Å². The van der Waals surface area contributed by atoms with Crippen LogP contribution in [0.1, 0.15) is 17.3 Å². The van der Waals surface area contributed by atoms with E-state index in [1.54, 1.807) is 6.92 Å². The largest absolute Gasteiger partial charge is 0.468 e. The molecule has 2 aromatic carbocycles. The van der Waals surface area contributed by atoms with Crippen LogP contribution in [-0.4, -0.2) is 40.6 Å². The summed E-state index contributed by atoms with van der Waals surface area (Å²) in [6.07, 6.45) is 0. The minimum absolute atomic E-state index is 0.0368. The van der Waals surface area contributed by atoms with Crippen LogP contribution in [-0.2, 0) is 24.3 Å². The predicted octanol–water partition coefficient (Wildman–Crippen LogP) is 2.89. The summed E-state index contributed by atoms with van der Waals surface area (Å²) in [7, 11) is -2.90. The van der Waals surface area contributed by atoms with E-state index in [2.05, 4.69) is 4.74 Å². The first-order valence-corrected chi connectivity index (χ1v) is 9.73. The molecule has 0 bridgehead atoms. The van der Waals surface area contributed by atoms with Crippen molar-refractivity contribution in [2.75, 3.05) is 24.6 Å².